The molecule has 1 aliphatic heterocycles. The summed E-state index contributed by atoms with van der Waals surface area (Å²) in [5, 5.41) is 5.27. The maximum absolute atomic E-state index is 12.4. The number of hydrogen-bond acceptors (Lipinski definition) is 5. The van der Waals surface area contributed by atoms with E-state index in [-0.39, 0.29) is 0 Å². The van der Waals surface area contributed by atoms with E-state index in [2.05, 4.69) is 10.6 Å². The van der Waals surface area contributed by atoms with Gasteiger partial charge in [0.15, 0.2) is 6.61 Å². The number of urea groups is 1. The van der Waals surface area contributed by atoms with Crippen LogP contribution in [-0.2, 0) is 25.5 Å². The summed E-state index contributed by atoms with van der Waals surface area (Å²) in [5.74, 6) is -1.76. The summed E-state index contributed by atoms with van der Waals surface area (Å²) in [6, 6.07) is 6.72. The molecule has 2 N–H and O–H groups in total. The standard InChI is InChI=1S/C19H25N3O5/c1-4-13-8-7-9-14(10-13)20-15(23)12-27-16(24)11-22-17(25)19(5-2,6-3)21-18(22)26/h7-10H,4-6,11-12H2,1-3H3,(H,20,23)(H,21,26). The van der Waals surface area contributed by atoms with Crippen molar-refractivity contribution in [3.05, 3.63) is 29.8 Å². The Morgan fingerprint density at radius 1 is 1.19 bits per heavy atom. The molecule has 1 fully saturated rings. The molecule has 8 heteroatoms. The molecule has 0 saturated carbocycles. The second-order valence-corrected chi connectivity index (χ2v) is 6.37. The normalized spacial score (nSPS) is 15.4. The van der Waals surface area contributed by atoms with E-state index in [9.17, 15) is 19.2 Å². The molecule has 1 aliphatic rings. The topological polar surface area (TPSA) is 105 Å². The molecular weight excluding hydrogens is 350 g/mol. The van der Waals surface area contributed by atoms with Gasteiger partial charge in [0.05, 0.1) is 0 Å². The summed E-state index contributed by atoms with van der Waals surface area (Å²) < 4.78 is 4.90. The van der Waals surface area contributed by atoms with Crippen molar-refractivity contribution in [1.29, 1.82) is 0 Å². The van der Waals surface area contributed by atoms with E-state index in [1.54, 1.807) is 19.9 Å². The van der Waals surface area contributed by atoms with Crippen molar-refractivity contribution in [3.63, 3.8) is 0 Å². The summed E-state index contributed by atoms with van der Waals surface area (Å²) in [4.78, 5) is 49.2. The predicted octanol–water partition coefficient (Wildman–Crippen LogP) is 1.84. The molecule has 0 aliphatic carbocycles. The van der Waals surface area contributed by atoms with Gasteiger partial charge in [0.2, 0.25) is 0 Å². The lowest BCUT2D eigenvalue weighted by Gasteiger charge is -2.22. The van der Waals surface area contributed by atoms with E-state index in [1.165, 1.54) is 0 Å². The first kappa shape index (κ1) is 20.4. The monoisotopic (exact) mass is 375 g/mol. The largest absolute Gasteiger partial charge is 0.454 e. The molecule has 0 spiro atoms. The van der Waals surface area contributed by atoms with Gasteiger partial charge in [0, 0.05) is 5.69 Å². The van der Waals surface area contributed by atoms with E-state index >= 15 is 0 Å². The Kier molecular flexibility index (Phi) is 6.55. The van der Waals surface area contributed by atoms with Gasteiger partial charge < -0.3 is 15.4 Å². The zero-order valence-electron chi connectivity index (χ0n) is 15.8. The van der Waals surface area contributed by atoms with Crippen molar-refractivity contribution in [3.8, 4) is 0 Å². The van der Waals surface area contributed by atoms with Crippen LogP contribution in [0.4, 0.5) is 10.5 Å². The minimum Gasteiger partial charge on any atom is -0.454 e. The third-order valence-corrected chi connectivity index (χ3v) is 4.72. The van der Waals surface area contributed by atoms with Crippen molar-refractivity contribution < 1.29 is 23.9 Å². The van der Waals surface area contributed by atoms with Gasteiger partial charge in [0.1, 0.15) is 12.1 Å². The number of ether oxygens (including phenoxy) is 1. The molecular formula is C19H25N3O5. The van der Waals surface area contributed by atoms with Crippen LogP contribution in [-0.4, -0.2) is 47.4 Å². The van der Waals surface area contributed by atoms with Crippen LogP contribution in [0.3, 0.4) is 0 Å². The van der Waals surface area contributed by atoms with Crippen LogP contribution >= 0.6 is 0 Å². The number of carbonyl (C=O) groups is 4. The van der Waals surface area contributed by atoms with Crippen molar-refractivity contribution >= 4 is 29.5 Å². The van der Waals surface area contributed by atoms with Crippen molar-refractivity contribution in [2.75, 3.05) is 18.5 Å². The lowest BCUT2D eigenvalue weighted by atomic mass is 9.93. The molecule has 27 heavy (non-hydrogen) atoms. The Morgan fingerprint density at radius 3 is 2.48 bits per heavy atom. The Hall–Kier alpha value is -2.90. The third kappa shape index (κ3) is 4.64. The first-order valence-corrected chi connectivity index (χ1v) is 9.03. The average molecular weight is 375 g/mol. The first-order valence-electron chi connectivity index (χ1n) is 9.03. The van der Waals surface area contributed by atoms with Crippen LogP contribution in [0.25, 0.3) is 0 Å². The number of esters is 1. The Bertz CT molecular complexity index is 743. The molecule has 1 heterocycles. The zero-order valence-corrected chi connectivity index (χ0v) is 15.8. The summed E-state index contributed by atoms with van der Waals surface area (Å²) >= 11 is 0. The Balaban J connectivity index is 1.86. The van der Waals surface area contributed by atoms with Crippen LogP contribution in [0, 0.1) is 0 Å². The maximum Gasteiger partial charge on any atom is 0.326 e. The van der Waals surface area contributed by atoms with Crippen LogP contribution in [0.15, 0.2) is 24.3 Å². The molecule has 4 amide bonds. The summed E-state index contributed by atoms with van der Waals surface area (Å²) in [6.07, 6.45) is 1.69. The average Bonchev–Trinajstić information content (AvgIpc) is 2.91. The minimum absolute atomic E-state index is 0.429. The molecule has 2 rings (SSSR count). The molecule has 0 atom stereocenters. The molecule has 1 saturated heterocycles. The predicted molar refractivity (Wildman–Crippen MR) is 99.0 cm³/mol. The van der Waals surface area contributed by atoms with E-state index < -0.39 is 42.5 Å². The van der Waals surface area contributed by atoms with E-state index in [1.807, 2.05) is 25.1 Å². The quantitative estimate of drug-likeness (QED) is 0.533. The highest BCUT2D eigenvalue weighted by atomic mass is 16.5. The van der Waals surface area contributed by atoms with E-state index in [0.29, 0.717) is 18.5 Å². The minimum atomic E-state index is -0.973. The molecule has 8 nitrogen and oxygen atoms in total. The first-order chi connectivity index (χ1) is 12.8. The molecule has 146 valence electrons. The van der Waals surface area contributed by atoms with Gasteiger partial charge in [-0.15, -0.1) is 0 Å². The fourth-order valence-corrected chi connectivity index (χ4v) is 2.94. The number of nitrogens with zero attached hydrogens (tertiary/aromatic N) is 1. The Labute approximate surface area is 158 Å². The third-order valence-electron chi connectivity index (χ3n) is 4.72. The van der Waals surface area contributed by atoms with Crippen molar-refractivity contribution in [2.24, 2.45) is 0 Å². The highest BCUT2D eigenvalue weighted by Crippen LogP contribution is 2.24. The number of anilines is 1. The van der Waals surface area contributed by atoms with E-state index in [0.717, 1.165) is 16.9 Å². The fourth-order valence-electron chi connectivity index (χ4n) is 2.94. The second-order valence-electron chi connectivity index (χ2n) is 6.37. The second kappa shape index (κ2) is 8.66. The highest BCUT2D eigenvalue weighted by Gasteiger charge is 2.49. The molecule has 1 aromatic rings. The van der Waals surface area contributed by atoms with Gasteiger partial charge in [-0.05, 0) is 37.0 Å². The summed E-state index contributed by atoms with van der Waals surface area (Å²) in [5.41, 5.74) is 0.706. The number of amides is 4. The van der Waals surface area contributed by atoms with Crippen LogP contribution < -0.4 is 10.6 Å². The number of rotatable bonds is 8. The van der Waals surface area contributed by atoms with Gasteiger partial charge in [-0.1, -0.05) is 32.9 Å². The zero-order chi connectivity index (χ0) is 20.0. The Morgan fingerprint density at radius 2 is 1.89 bits per heavy atom. The van der Waals surface area contributed by atoms with Gasteiger partial charge in [0.25, 0.3) is 11.8 Å². The number of aryl methyl sites for hydroxylation is 1. The smallest absolute Gasteiger partial charge is 0.326 e. The van der Waals surface area contributed by atoms with Gasteiger partial charge in [-0.3, -0.25) is 19.3 Å². The van der Waals surface area contributed by atoms with Crippen molar-refractivity contribution in [2.45, 2.75) is 45.6 Å². The van der Waals surface area contributed by atoms with Crippen LogP contribution in [0.2, 0.25) is 0 Å². The molecule has 0 radical (unpaired) electrons. The lowest BCUT2D eigenvalue weighted by Crippen LogP contribution is -2.46. The molecule has 0 bridgehead atoms. The van der Waals surface area contributed by atoms with Crippen LogP contribution in [0.1, 0.15) is 39.2 Å². The number of hydrogen-bond donors (Lipinski definition) is 2. The van der Waals surface area contributed by atoms with Crippen LogP contribution in [0.5, 0.6) is 0 Å². The van der Waals surface area contributed by atoms with E-state index in [4.69, 9.17) is 4.74 Å². The lowest BCUT2D eigenvalue weighted by molar-refractivity contribution is -0.150. The van der Waals surface area contributed by atoms with Gasteiger partial charge >= 0.3 is 12.0 Å². The number of carbonyl (C=O) groups excluding carboxylic acids is 4. The summed E-state index contributed by atoms with van der Waals surface area (Å²) in [6.45, 7) is 4.57. The van der Waals surface area contributed by atoms with Gasteiger partial charge in [-0.25, -0.2) is 4.79 Å². The van der Waals surface area contributed by atoms with Gasteiger partial charge in [-0.2, -0.15) is 0 Å². The SMILES string of the molecule is CCc1cccc(NC(=O)COC(=O)CN2C(=O)NC(CC)(CC)C2=O)c1. The molecule has 1 aromatic carbocycles. The molecule has 0 aromatic heterocycles. The molecule has 0 unspecified atom stereocenters. The fraction of sp³-hybridized carbons (Fsp3) is 0.474. The number of benzene rings is 1. The summed E-state index contributed by atoms with van der Waals surface area (Å²) in [7, 11) is 0. The highest BCUT2D eigenvalue weighted by molar-refractivity contribution is 6.08. The maximum atomic E-state index is 12.4. The number of nitrogens with one attached hydrogen (secondary N) is 2. The number of imide groups is 1. The van der Waals surface area contributed by atoms with Crippen molar-refractivity contribution in [1.82, 2.24) is 10.2 Å².